The van der Waals surface area contributed by atoms with Gasteiger partial charge in [-0.25, -0.2) is 0 Å². The van der Waals surface area contributed by atoms with Gasteiger partial charge in [0.25, 0.3) is 0 Å². The van der Waals surface area contributed by atoms with Crippen LogP contribution in [0.3, 0.4) is 0 Å². The third-order valence-electron chi connectivity index (χ3n) is 2.11. The van der Waals surface area contributed by atoms with Crippen LogP contribution in [0.5, 0.6) is 5.75 Å². The Labute approximate surface area is 93.6 Å². The van der Waals surface area contributed by atoms with Gasteiger partial charge in [-0.1, -0.05) is 6.92 Å². The summed E-state index contributed by atoms with van der Waals surface area (Å²) < 4.78 is 6.63. The molecule has 0 aromatic heterocycles. The largest absolute Gasteiger partial charge is 0.487 e. The first-order valence-electron chi connectivity index (χ1n) is 4.76. The molecule has 0 fully saturated rings. The molecule has 0 saturated heterocycles. The normalized spacial score (nSPS) is 12.6. The second-order valence-electron chi connectivity index (χ2n) is 3.50. The van der Waals surface area contributed by atoms with E-state index in [9.17, 15) is 0 Å². The minimum atomic E-state index is 0.191. The second-order valence-corrected chi connectivity index (χ2v) is 4.36. The maximum absolute atomic E-state index is 5.87. The first-order chi connectivity index (χ1) is 6.54. The van der Waals surface area contributed by atoms with Crippen molar-refractivity contribution in [3.05, 3.63) is 22.2 Å². The number of nitrogen functional groups attached to an aromatic ring is 1. The van der Waals surface area contributed by atoms with Crippen molar-refractivity contribution in [3.8, 4) is 5.75 Å². The summed E-state index contributed by atoms with van der Waals surface area (Å²) in [5, 5.41) is 0. The van der Waals surface area contributed by atoms with Crippen LogP contribution in [0.2, 0.25) is 0 Å². The average Bonchev–Trinajstić information content (AvgIpc) is 2.10. The van der Waals surface area contributed by atoms with Gasteiger partial charge in [-0.15, -0.1) is 0 Å². The number of hydrogen-bond acceptors (Lipinski definition) is 2. The van der Waals surface area contributed by atoms with E-state index in [1.54, 1.807) is 0 Å². The molecule has 0 bridgehead atoms. The van der Waals surface area contributed by atoms with Crippen LogP contribution in [0.1, 0.15) is 25.8 Å². The standard InChI is InChI=1S/C11H16BrNO/c1-4-8(3)14-11-9(12)5-7(2)6-10(11)13/h5-6,8H,4,13H2,1-3H3. The molecular formula is C11H16BrNO. The number of anilines is 1. The van der Waals surface area contributed by atoms with E-state index >= 15 is 0 Å². The molecule has 1 unspecified atom stereocenters. The number of rotatable bonds is 3. The average molecular weight is 258 g/mol. The third kappa shape index (κ3) is 2.64. The molecule has 1 aromatic carbocycles. The lowest BCUT2D eigenvalue weighted by Crippen LogP contribution is -2.11. The molecule has 78 valence electrons. The van der Waals surface area contributed by atoms with Crippen LogP contribution in [0.25, 0.3) is 0 Å². The van der Waals surface area contributed by atoms with Crippen molar-refractivity contribution < 1.29 is 4.74 Å². The predicted molar refractivity (Wildman–Crippen MR) is 63.7 cm³/mol. The quantitative estimate of drug-likeness (QED) is 0.842. The topological polar surface area (TPSA) is 35.2 Å². The summed E-state index contributed by atoms with van der Waals surface area (Å²) in [6.07, 6.45) is 1.16. The van der Waals surface area contributed by atoms with E-state index in [0.717, 1.165) is 22.2 Å². The Bertz CT molecular complexity index is 302. The summed E-state index contributed by atoms with van der Waals surface area (Å²) in [6, 6.07) is 3.93. The maximum atomic E-state index is 5.87. The summed E-state index contributed by atoms with van der Waals surface area (Å²) in [4.78, 5) is 0. The summed E-state index contributed by atoms with van der Waals surface area (Å²) in [5.41, 5.74) is 7.69. The van der Waals surface area contributed by atoms with Gasteiger partial charge in [0, 0.05) is 0 Å². The molecule has 1 atom stereocenters. The minimum Gasteiger partial charge on any atom is -0.487 e. The van der Waals surface area contributed by atoms with Crippen LogP contribution >= 0.6 is 15.9 Å². The number of aryl methyl sites for hydroxylation is 1. The molecule has 0 aliphatic rings. The number of hydrogen-bond donors (Lipinski definition) is 1. The minimum absolute atomic E-state index is 0.191. The van der Waals surface area contributed by atoms with Crippen molar-refractivity contribution >= 4 is 21.6 Å². The van der Waals surface area contributed by atoms with Crippen molar-refractivity contribution in [1.82, 2.24) is 0 Å². The lowest BCUT2D eigenvalue weighted by atomic mass is 10.2. The van der Waals surface area contributed by atoms with Crippen LogP contribution in [-0.2, 0) is 0 Å². The van der Waals surface area contributed by atoms with Gasteiger partial charge < -0.3 is 10.5 Å². The van der Waals surface area contributed by atoms with Gasteiger partial charge >= 0.3 is 0 Å². The van der Waals surface area contributed by atoms with Gasteiger partial charge in [-0.05, 0) is 53.9 Å². The molecule has 0 saturated carbocycles. The number of benzene rings is 1. The van der Waals surface area contributed by atoms with Crippen molar-refractivity contribution in [2.24, 2.45) is 0 Å². The highest BCUT2D eigenvalue weighted by Crippen LogP contribution is 2.33. The van der Waals surface area contributed by atoms with Crippen molar-refractivity contribution in [1.29, 1.82) is 0 Å². The fourth-order valence-corrected chi connectivity index (χ4v) is 1.85. The van der Waals surface area contributed by atoms with E-state index < -0.39 is 0 Å². The summed E-state index contributed by atoms with van der Waals surface area (Å²) in [6.45, 7) is 6.13. The fraction of sp³-hybridized carbons (Fsp3) is 0.455. The van der Waals surface area contributed by atoms with E-state index in [-0.39, 0.29) is 6.10 Å². The Morgan fingerprint density at radius 2 is 2.14 bits per heavy atom. The molecule has 1 rings (SSSR count). The molecule has 1 aromatic rings. The van der Waals surface area contributed by atoms with E-state index in [0.29, 0.717) is 5.69 Å². The van der Waals surface area contributed by atoms with Gasteiger partial charge in [-0.3, -0.25) is 0 Å². The summed E-state index contributed by atoms with van der Waals surface area (Å²) in [7, 11) is 0. The SMILES string of the molecule is CCC(C)Oc1c(N)cc(C)cc1Br. The predicted octanol–water partition coefficient (Wildman–Crippen LogP) is 3.52. The first kappa shape index (κ1) is 11.4. The van der Waals surface area contributed by atoms with E-state index in [1.807, 2.05) is 26.0 Å². The van der Waals surface area contributed by atoms with Crippen molar-refractivity contribution in [2.75, 3.05) is 5.73 Å². The molecule has 3 heteroatoms. The molecular weight excluding hydrogens is 242 g/mol. The molecule has 2 nitrogen and oxygen atoms in total. The lowest BCUT2D eigenvalue weighted by molar-refractivity contribution is 0.217. The van der Waals surface area contributed by atoms with E-state index in [2.05, 4.69) is 22.9 Å². The molecule has 0 heterocycles. The fourth-order valence-electron chi connectivity index (χ4n) is 1.16. The zero-order valence-corrected chi connectivity index (χ0v) is 10.4. The Morgan fingerprint density at radius 3 is 2.64 bits per heavy atom. The monoisotopic (exact) mass is 257 g/mol. The van der Waals surface area contributed by atoms with Gasteiger partial charge in [-0.2, -0.15) is 0 Å². The number of halogens is 1. The molecule has 14 heavy (non-hydrogen) atoms. The lowest BCUT2D eigenvalue weighted by Gasteiger charge is -2.16. The van der Waals surface area contributed by atoms with Crippen LogP contribution in [0.4, 0.5) is 5.69 Å². The summed E-state index contributed by atoms with van der Waals surface area (Å²) >= 11 is 3.45. The Hall–Kier alpha value is -0.700. The Morgan fingerprint density at radius 1 is 1.50 bits per heavy atom. The smallest absolute Gasteiger partial charge is 0.156 e. The van der Waals surface area contributed by atoms with Crippen LogP contribution < -0.4 is 10.5 Å². The first-order valence-corrected chi connectivity index (χ1v) is 5.56. The second kappa shape index (κ2) is 4.69. The van der Waals surface area contributed by atoms with Crippen LogP contribution in [0, 0.1) is 6.92 Å². The zero-order chi connectivity index (χ0) is 10.7. The van der Waals surface area contributed by atoms with E-state index in [4.69, 9.17) is 10.5 Å². The van der Waals surface area contributed by atoms with Crippen molar-refractivity contribution in [2.45, 2.75) is 33.3 Å². The Kier molecular flexibility index (Phi) is 3.81. The van der Waals surface area contributed by atoms with Crippen LogP contribution in [0.15, 0.2) is 16.6 Å². The highest BCUT2D eigenvalue weighted by Gasteiger charge is 2.09. The van der Waals surface area contributed by atoms with Gasteiger partial charge in [0.05, 0.1) is 16.3 Å². The zero-order valence-electron chi connectivity index (χ0n) is 8.80. The Balaban J connectivity index is 2.96. The van der Waals surface area contributed by atoms with Gasteiger partial charge in [0.1, 0.15) is 0 Å². The number of nitrogens with two attached hydrogens (primary N) is 1. The highest BCUT2D eigenvalue weighted by molar-refractivity contribution is 9.10. The molecule has 0 radical (unpaired) electrons. The van der Waals surface area contributed by atoms with Crippen LogP contribution in [-0.4, -0.2) is 6.10 Å². The van der Waals surface area contributed by atoms with Gasteiger partial charge in [0.2, 0.25) is 0 Å². The maximum Gasteiger partial charge on any atom is 0.156 e. The van der Waals surface area contributed by atoms with Crippen molar-refractivity contribution in [3.63, 3.8) is 0 Å². The molecule has 0 aliphatic heterocycles. The van der Waals surface area contributed by atoms with Gasteiger partial charge in [0.15, 0.2) is 5.75 Å². The highest BCUT2D eigenvalue weighted by atomic mass is 79.9. The molecule has 0 amide bonds. The molecule has 0 aliphatic carbocycles. The molecule has 2 N–H and O–H groups in total. The summed E-state index contributed by atoms with van der Waals surface area (Å²) in [5.74, 6) is 0.755. The van der Waals surface area contributed by atoms with E-state index in [1.165, 1.54) is 0 Å². The number of ether oxygens (including phenoxy) is 1. The molecule has 0 spiro atoms. The third-order valence-corrected chi connectivity index (χ3v) is 2.70.